The number of amidine groups is 1. The lowest BCUT2D eigenvalue weighted by Gasteiger charge is -2.49. The van der Waals surface area contributed by atoms with Crippen LogP contribution < -0.4 is 10.6 Å². The van der Waals surface area contributed by atoms with Gasteiger partial charge in [0.2, 0.25) is 0 Å². The van der Waals surface area contributed by atoms with E-state index in [9.17, 15) is 0 Å². The zero-order chi connectivity index (χ0) is 21.1. The van der Waals surface area contributed by atoms with Crippen LogP contribution in [0.4, 0.5) is 0 Å². The lowest BCUT2D eigenvalue weighted by atomic mass is 9.79. The van der Waals surface area contributed by atoms with Crippen molar-refractivity contribution >= 4 is 17.3 Å². The van der Waals surface area contributed by atoms with Crippen molar-refractivity contribution in [3.05, 3.63) is 47.9 Å². The molecule has 0 unspecified atom stereocenters. The van der Waals surface area contributed by atoms with Gasteiger partial charge in [-0.15, -0.1) is 0 Å². The molecule has 0 saturated carbocycles. The number of rotatable bonds is 5. The van der Waals surface area contributed by atoms with Crippen LogP contribution in [0.5, 0.6) is 0 Å². The second kappa shape index (κ2) is 8.27. The van der Waals surface area contributed by atoms with Gasteiger partial charge in [-0.3, -0.25) is 5.41 Å². The minimum absolute atomic E-state index is 0.0127. The summed E-state index contributed by atoms with van der Waals surface area (Å²) < 4.78 is 0. The molecule has 2 aliphatic heterocycles. The SMILES string of the molecule is CC(=N)/C(C(=N)/C=C\C(=N)N(C)C1CC(C)(C)NC(C)(C)C1)=C1/C=CC=CN1. The molecule has 5 N–H and O–H groups in total. The van der Waals surface area contributed by atoms with E-state index in [0.29, 0.717) is 17.1 Å². The molecular formula is C22H34N6. The number of likely N-dealkylation sites (N-methyl/N-ethyl adjacent to an activating group) is 1. The molecular weight excluding hydrogens is 348 g/mol. The number of nitrogens with one attached hydrogen (secondary N) is 5. The summed E-state index contributed by atoms with van der Waals surface area (Å²) >= 11 is 0. The van der Waals surface area contributed by atoms with Crippen LogP contribution in [0.2, 0.25) is 0 Å². The molecule has 2 rings (SSSR count). The van der Waals surface area contributed by atoms with Crippen molar-refractivity contribution in [3.8, 4) is 0 Å². The van der Waals surface area contributed by atoms with Crippen LogP contribution in [-0.4, -0.2) is 46.3 Å². The van der Waals surface area contributed by atoms with Gasteiger partial charge in [0.1, 0.15) is 5.84 Å². The molecule has 152 valence electrons. The maximum atomic E-state index is 8.49. The van der Waals surface area contributed by atoms with Crippen molar-refractivity contribution < 1.29 is 0 Å². The highest BCUT2D eigenvalue weighted by molar-refractivity contribution is 6.27. The summed E-state index contributed by atoms with van der Waals surface area (Å²) in [5.74, 6) is 0.377. The Labute approximate surface area is 169 Å². The van der Waals surface area contributed by atoms with E-state index in [1.54, 1.807) is 25.3 Å². The van der Waals surface area contributed by atoms with E-state index in [2.05, 4.69) is 38.3 Å². The van der Waals surface area contributed by atoms with Crippen LogP contribution in [0.25, 0.3) is 0 Å². The lowest BCUT2D eigenvalue weighted by molar-refractivity contribution is 0.114. The molecule has 0 bridgehead atoms. The predicted molar refractivity (Wildman–Crippen MR) is 119 cm³/mol. The molecule has 6 heteroatoms. The van der Waals surface area contributed by atoms with Crippen molar-refractivity contribution in [1.82, 2.24) is 15.5 Å². The Bertz CT molecular complexity index is 763. The fourth-order valence-corrected chi connectivity index (χ4v) is 4.20. The standard InChI is InChI=1S/C22H34N6/c1-15(23)20(18-9-7-8-12-26-18)17(24)10-11-19(25)28(6)16-13-21(2,3)27-22(4,5)14-16/h7-12,16,23-27H,13-14H2,1-6H3/b11-10-,20-18+,23-15?,24-17?,25-19?. The van der Waals surface area contributed by atoms with Gasteiger partial charge in [0.05, 0.1) is 5.71 Å². The highest BCUT2D eigenvalue weighted by Gasteiger charge is 2.39. The van der Waals surface area contributed by atoms with E-state index in [4.69, 9.17) is 16.2 Å². The summed E-state index contributed by atoms with van der Waals surface area (Å²) in [6.07, 6.45) is 12.6. The number of piperidine rings is 1. The lowest BCUT2D eigenvalue weighted by Crippen LogP contribution is -2.62. The van der Waals surface area contributed by atoms with Gasteiger partial charge in [0.15, 0.2) is 0 Å². The normalized spacial score (nSPS) is 22.6. The van der Waals surface area contributed by atoms with Crippen LogP contribution in [0, 0.1) is 16.2 Å². The van der Waals surface area contributed by atoms with Crippen molar-refractivity contribution in [1.29, 1.82) is 16.2 Å². The largest absolute Gasteiger partial charge is 0.361 e. The van der Waals surface area contributed by atoms with Gasteiger partial charge >= 0.3 is 0 Å². The van der Waals surface area contributed by atoms with Gasteiger partial charge in [-0.1, -0.05) is 6.08 Å². The predicted octanol–water partition coefficient (Wildman–Crippen LogP) is 3.75. The Hall–Kier alpha value is -2.47. The molecule has 0 aromatic carbocycles. The van der Waals surface area contributed by atoms with Gasteiger partial charge in [0.25, 0.3) is 0 Å². The van der Waals surface area contributed by atoms with E-state index in [-0.39, 0.29) is 22.8 Å². The summed E-state index contributed by atoms with van der Waals surface area (Å²) in [5, 5.41) is 31.7. The molecule has 0 aromatic rings. The third-order valence-electron chi connectivity index (χ3n) is 5.13. The Morgan fingerprint density at radius 1 is 1.07 bits per heavy atom. The topological polar surface area (TPSA) is 98.9 Å². The van der Waals surface area contributed by atoms with Crippen molar-refractivity contribution in [2.45, 2.75) is 64.6 Å². The molecule has 1 fully saturated rings. The number of hydrogen-bond acceptors (Lipinski definition) is 5. The minimum Gasteiger partial charge on any atom is -0.361 e. The Kier molecular flexibility index (Phi) is 6.44. The molecule has 28 heavy (non-hydrogen) atoms. The summed E-state index contributed by atoms with van der Waals surface area (Å²) in [6, 6.07) is 0.257. The average molecular weight is 383 g/mol. The first kappa shape index (κ1) is 21.8. The Morgan fingerprint density at radius 2 is 1.68 bits per heavy atom. The first-order valence-corrected chi connectivity index (χ1v) is 9.69. The van der Waals surface area contributed by atoms with Gasteiger partial charge in [-0.25, -0.2) is 0 Å². The monoisotopic (exact) mass is 382 g/mol. The molecule has 1 saturated heterocycles. The maximum absolute atomic E-state index is 8.49. The van der Waals surface area contributed by atoms with E-state index in [0.717, 1.165) is 18.5 Å². The molecule has 0 amide bonds. The number of hydrogen-bond donors (Lipinski definition) is 5. The summed E-state index contributed by atoms with van der Waals surface area (Å²) in [4.78, 5) is 2.00. The van der Waals surface area contributed by atoms with Gasteiger partial charge in [-0.2, -0.15) is 0 Å². The smallest absolute Gasteiger partial charge is 0.120 e. The third-order valence-corrected chi connectivity index (χ3v) is 5.13. The highest BCUT2D eigenvalue weighted by Crippen LogP contribution is 2.31. The van der Waals surface area contributed by atoms with E-state index < -0.39 is 0 Å². The van der Waals surface area contributed by atoms with E-state index >= 15 is 0 Å². The third kappa shape index (κ3) is 5.52. The van der Waals surface area contributed by atoms with Crippen molar-refractivity contribution in [3.63, 3.8) is 0 Å². The van der Waals surface area contributed by atoms with Crippen LogP contribution >= 0.6 is 0 Å². The molecule has 2 aliphatic rings. The van der Waals surface area contributed by atoms with Crippen LogP contribution in [0.1, 0.15) is 47.5 Å². The number of nitrogens with zero attached hydrogens (tertiary/aromatic N) is 1. The first-order chi connectivity index (χ1) is 12.9. The summed E-state index contributed by atoms with van der Waals surface area (Å²) in [5.41, 5.74) is 1.83. The molecule has 6 nitrogen and oxygen atoms in total. The second-order valence-corrected chi connectivity index (χ2v) is 8.97. The molecule has 0 spiro atoms. The zero-order valence-corrected chi connectivity index (χ0v) is 17.9. The minimum atomic E-state index is 0.0127. The molecule has 0 atom stereocenters. The number of allylic oxidation sites excluding steroid dienone is 5. The molecule has 0 aliphatic carbocycles. The Balaban J connectivity index is 2.13. The molecule has 0 aromatic heterocycles. The average Bonchev–Trinajstić information content (AvgIpc) is 2.57. The zero-order valence-electron chi connectivity index (χ0n) is 17.9. The quantitative estimate of drug-likeness (QED) is 0.370. The van der Waals surface area contributed by atoms with Crippen molar-refractivity contribution in [2.24, 2.45) is 0 Å². The van der Waals surface area contributed by atoms with E-state index in [1.807, 2.05) is 30.2 Å². The summed E-state index contributed by atoms with van der Waals surface area (Å²) in [6.45, 7) is 10.5. The Morgan fingerprint density at radius 3 is 2.18 bits per heavy atom. The fourth-order valence-electron chi connectivity index (χ4n) is 4.20. The van der Waals surface area contributed by atoms with Gasteiger partial charge in [0, 0.05) is 47.3 Å². The van der Waals surface area contributed by atoms with Crippen LogP contribution in [0.3, 0.4) is 0 Å². The summed E-state index contributed by atoms with van der Waals surface area (Å²) in [7, 11) is 1.95. The molecule has 2 heterocycles. The highest BCUT2D eigenvalue weighted by atomic mass is 15.2. The van der Waals surface area contributed by atoms with Gasteiger partial charge < -0.3 is 26.4 Å². The maximum Gasteiger partial charge on any atom is 0.120 e. The van der Waals surface area contributed by atoms with Crippen LogP contribution in [0.15, 0.2) is 47.9 Å². The number of dihydropyridines is 1. The first-order valence-electron chi connectivity index (χ1n) is 9.69. The van der Waals surface area contributed by atoms with Crippen molar-refractivity contribution in [2.75, 3.05) is 7.05 Å². The second-order valence-electron chi connectivity index (χ2n) is 8.97. The van der Waals surface area contributed by atoms with Gasteiger partial charge in [-0.05, 0) is 71.8 Å². The van der Waals surface area contributed by atoms with E-state index in [1.165, 1.54) is 0 Å². The molecule has 0 radical (unpaired) electrons. The fraction of sp³-hybridized carbons (Fsp3) is 0.500. The van der Waals surface area contributed by atoms with Crippen LogP contribution in [-0.2, 0) is 0 Å².